The maximum atomic E-state index is 10.7. The Balaban J connectivity index is 2.27. The van der Waals surface area contributed by atoms with E-state index in [1.54, 1.807) is 6.07 Å². The number of aliphatic carboxylic acids is 1. The molecule has 2 rings (SSSR count). The Kier molecular flexibility index (Phi) is 6.93. The highest BCUT2D eigenvalue weighted by atomic mass is 127. The molecule has 126 valence electrons. The molecular formula is C18H16ClIO4. The number of ether oxygens (including phenoxy) is 2. The average molecular weight is 459 g/mol. The first-order chi connectivity index (χ1) is 11.5. The van der Waals surface area contributed by atoms with E-state index in [9.17, 15) is 4.79 Å². The van der Waals surface area contributed by atoms with Gasteiger partial charge in [-0.1, -0.05) is 29.8 Å². The molecule has 0 aliphatic carbocycles. The van der Waals surface area contributed by atoms with Gasteiger partial charge in [0.1, 0.15) is 6.61 Å². The van der Waals surface area contributed by atoms with E-state index in [0.29, 0.717) is 29.7 Å². The van der Waals surface area contributed by atoms with Crippen LogP contribution >= 0.6 is 34.2 Å². The van der Waals surface area contributed by atoms with Crippen LogP contribution in [-0.4, -0.2) is 17.7 Å². The van der Waals surface area contributed by atoms with E-state index >= 15 is 0 Å². The highest BCUT2D eigenvalue weighted by molar-refractivity contribution is 14.1. The summed E-state index contributed by atoms with van der Waals surface area (Å²) in [6.07, 6.45) is 2.61. The molecule has 4 nitrogen and oxygen atoms in total. The van der Waals surface area contributed by atoms with E-state index in [2.05, 4.69) is 22.6 Å². The predicted molar refractivity (Wildman–Crippen MR) is 103 cm³/mol. The largest absolute Gasteiger partial charge is 0.490 e. The monoisotopic (exact) mass is 458 g/mol. The number of benzene rings is 2. The molecule has 0 atom stereocenters. The lowest BCUT2D eigenvalue weighted by molar-refractivity contribution is -0.131. The van der Waals surface area contributed by atoms with Crippen LogP contribution in [0.5, 0.6) is 11.5 Å². The van der Waals surface area contributed by atoms with Gasteiger partial charge in [-0.05, 0) is 59.4 Å². The van der Waals surface area contributed by atoms with Gasteiger partial charge in [0.15, 0.2) is 11.5 Å². The summed E-state index contributed by atoms with van der Waals surface area (Å²) in [6, 6.07) is 11.1. The van der Waals surface area contributed by atoms with Crippen molar-refractivity contribution in [2.75, 3.05) is 6.61 Å². The van der Waals surface area contributed by atoms with E-state index in [0.717, 1.165) is 20.8 Å². The molecule has 2 aromatic rings. The van der Waals surface area contributed by atoms with Gasteiger partial charge in [-0.3, -0.25) is 0 Å². The first-order valence-corrected chi connectivity index (χ1v) is 8.70. The predicted octanol–water partition coefficient (Wildman–Crippen LogP) is 5.02. The van der Waals surface area contributed by atoms with Crippen molar-refractivity contribution in [3.8, 4) is 11.5 Å². The number of carboxylic acid groups (broad SMARTS) is 1. The summed E-state index contributed by atoms with van der Waals surface area (Å²) in [5.74, 6) is 0.188. The van der Waals surface area contributed by atoms with E-state index in [1.807, 2.05) is 37.3 Å². The van der Waals surface area contributed by atoms with Gasteiger partial charge < -0.3 is 14.6 Å². The fourth-order valence-electron chi connectivity index (χ4n) is 2.02. The van der Waals surface area contributed by atoms with E-state index in [-0.39, 0.29) is 0 Å². The molecule has 0 bridgehead atoms. The lowest BCUT2D eigenvalue weighted by atomic mass is 10.2. The minimum atomic E-state index is -0.998. The van der Waals surface area contributed by atoms with E-state index in [4.69, 9.17) is 26.2 Å². The Morgan fingerprint density at radius 3 is 2.71 bits per heavy atom. The molecule has 2 aromatic carbocycles. The van der Waals surface area contributed by atoms with Crippen molar-refractivity contribution in [2.45, 2.75) is 13.5 Å². The van der Waals surface area contributed by atoms with Crippen molar-refractivity contribution in [3.05, 3.63) is 62.2 Å². The minimum Gasteiger partial charge on any atom is -0.490 e. The highest BCUT2D eigenvalue weighted by Crippen LogP contribution is 2.35. The summed E-state index contributed by atoms with van der Waals surface area (Å²) < 4.78 is 12.4. The van der Waals surface area contributed by atoms with Crippen LogP contribution in [0.25, 0.3) is 6.08 Å². The highest BCUT2D eigenvalue weighted by Gasteiger charge is 2.12. The normalized spacial score (nSPS) is 10.8. The molecular weight excluding hydrogens is 443 g/mol. The van der Waals surface area contributed by atoms with Gasteiger partial charge in [-0.15, -0.1) is 0 Å². The van der Waals surface area contributed by atoms with Crippen LogP contribution in [0.4, 0.5) is 0 Å². The summed E-state index contributed by atoms with van der Waals surface area (Å²) in [4.78, 5) is 10.7. The fraction of sp³-hybridized carbons (Fsp3) is 0.167. The molecule has 0 unspecified atom stereocenters. The lowest BCUT2D eigenvalue weighted by Crippen LogP contribution is -2.02. The molecule has 0 heterocycles. The van der Waals surface area contributed by atoms with Crippen LogP contribution in [0.2, 0.25) is 5.02 Å². The second-order valence-electron chi connectivity index (χ2n) is 4.81. The maximum absolute atomic E-state index is 10.7. The van der Waals surface area contributed by atoms with Crippen LogP contribution in [0.15, 0.2) is 42.5 Å². The van der Waals surface area contributed by atoms with Crippen LogP contribution in [0, 0.1) is 3.57 Å². The van der Waals surface area contributed by atoms with Gasteiger partial charge in [-0.25, -0.2) is 4.79 Å². The molecule has 0 radical (unpaired) electrons. The third-order valence-corrected chi connectivity index (χ3v) is 4.25. The second kappa shape index (κ2) is 8.94. The number of carbonyl (C=O) groups is 1. The summed E-state index contributed by atoms with van der Waals surface area (Å²) in [6.45, 7) is 2.68. The average Bonchev–Trinajstić information content (AvgIpc) is 2.54. The molecule has 0 spiro atoms. The number of carboxylic acids is 1. The Morgan fingerprint density at radius 2 is 2.04 bits per heavy atom. The van der Waals surface area contributed by atoms with Crippen molar-refractivity contribution in [1.29, 1.82) is 0 Å². The zero-order chi connectivity index (χ0) is 17.5. The van der Waals surface area contributed by atoms with E-state index < -0.39 is 5.97 Å². The summed E-state index contributed by atoms with van der Waals surface area (Å²) in [7, 11) is 0. The Labute approximate surface area is 159 Å². The Morgan fingerprint density at radius 1 is 1.29 bits per heavy atom. The van der Waals surface area contributed by atoms with Gasteiger partial charge >= 0.3 is 5.97 Å². The van der Waals surface area contributed by atoms with E-state index in [1.165, 1.54) is 6.08 Å². The molecule has 0 saturated carbocycles. The number of hydrogen-bond acceptors (Lipinski definition) is 3. The van der Waals surface area contributed by atoms with Crippen molar-refractivity contribution in [3.63, 3.8) is 0 Å². The first kappa shape index (κ1) is 18.6. The molecule has 0 aromatic heterocycles. The third-order valence-electron chi connectivity index (χ3n) is 3.08. The quantitative estimate of drug-likeness (QED) is 0.468. The lowest BCUT2D eigenvalue weighted by Gasteiger charge is -2.15. The zero-order valence-corrected chi connectivity index (χ0v) is 15.9. The maximum Gasteiger partial charge on any atom is 0.328 e. The Hall–Kier alpha value is -1.73. The third kappa shape index (κ3) is 5.14. The molecule has 24 heavy (non-hydrogen) atoms. The topological polar surface area (TPSA) is 55.8 Å². The van der Waals surface area contributed by atoms with Crippen LogP contribution in [0.1, 0.15) is 18.1 Å². The van der Waals surface area contributed by atoms with Crippen LogP contribution < -0.4 is 9.47 Å². The Bertz CT molecular complexity index is 759. The standard InChI is InChI=1S/C18H16ClIO4/c1-2-23-16-10-12(7-8-17(21)22)9-15(20)18(16)24-11-13-5-3-4-6-14(13)19/h3-10H,2,11H2,1H3,(H,21,22)/b8-7+. The minimum absolute atomic E-state index is 0.320. The van der Waals surface area contributed by atoms with Gasteiger partial charge in [0.25, 0.3) is 0 Å². The summed E-state index contributed by atoms with van der Waals surface area (Å²) in [5, 5.41) is 9.40. The van der Waals surface area contributed by atoms with Crippen molar-refractivity contribution in [1.82, 2.24) is 0 Å². The summed E-state index contributed by atoms with van der Waals surface area (Å²) >= 11 is 8.29. The molecule has 1 N–H and O–H groups in total. The van der Waals surface area contributed by atoms with Gasteiger partial charge in [0.2, 0.25) is 0 Å². The zero-order valence-electron chi connectivity index (χ0n) is 13.0. The number of halogens is 2. The molecule has 0 aliphatic rings. The van der Waals surface area contributed by atoms with Crippen LogP contribution in [0.3, 0.4) is 0 Å². The molecule has 0 saturated heterocycles. The first-order valence-electron chi connectivity index (χ1n) is 7.24. The molecule has 6 heteroatoms. The number of rotatable bonds is 7. The molecule has 0 aliphatic heterocycles. The van der Waals surface area contributed by atoms with Crippen molar-refractivity contribution < 1.29 is 19.4 Å². The second-order valence-corrected chi connectivity index (χ2v) is 6.38. The molecule has 0 amide bonds. The summed E-state index contributed by atoms with van der Waals surface area (Å²) in [5.41, 5.74) is 1.61. The van der Waals surface area contributed by atoms with Crippen LogP contribution in [-0.2, 0) is 11.4 Å². The van der Waals surface area contributed by atoms with Crippen molar-refractivity contribution in [2.24, 2.45) is 0 Å². The van der Waals surface area contributed by atoms with Gasteiger partial charge in [-0.2, -0.15) is 0 Å². The number of hydrogen-bond donors (Lipinski definition) is 1. The fourth-order valence-corrected chi connectivity index (χ4v) is 2.99. The van der Waals surface area contributed by atoms with Crippen molar-refractivity contribution >= 4 is 46.2 Å². The SMILES string of the molecule is CCOc1cc(/C=C/C(=O)O)cc(I)c1OCc1ccccc1Cl. The molecule has 0 fully saturated rings. The van der Waals surface area contributed by atoms with Gasteiger partial charge in [0, 0.05) is 16.7 Å². The van der Waals surface area contributed by atoms with Gasteiger partial charge in [0.05, 0.1) is 10.2 Å². The smallest absolute Gasteiger partial charge is 0.328 e.